The van der Waals surface area contributed by atoms with Gasteiger partial charge in [-0.15, -0.1) is 0 Å². The maximum absolute atomic E-state index is 6.43. The van der Waals surface area contributed by atoms with Crippen molar-refractivity contribution in [2.75, 3.05) is 0 Å². The van der Waals surface area contributed by atoms with Gasteiger partial charge >= 0.3 is 0 Å². The zero-order valence-corrected chi connectivity index (χ0v) is 12.3. The molecule has 0 bridgehead atoms. The van der Waals surface area contributed by atoms with Crippen LogP contribution in [0.25, 0.3) is 22.2 Å². The Bertz CT molecular complexity index is 710. The zero-order chi connectivity index (χ0) is 12.5. The fraction of sp³-hybridized carbons (Fsp3) is 0. The third kappa shape index (κ3) is 1.99. The Hall–Kier alpha value is -1.13. The molecular formula is C15H9ClIN. The minimum Gasteiger partial charge on any atom is -0.247 e. The third-order valence-electron chi connectivity index (χ3n) is 2.82. The molecule has 1 aromatic heterocycles. The highest BCUT2D eigenvalue weighted by Crippen LogP contribution is 2.34. The van der Waals surface area contributed by atoms with Crippen LogP contribution in [0.1, 0.15) is 0 Å². The van der Waals surface area contributed by atoms with Gasteiger partial charge in [0, 0.05) is 10.9 Å². The normalized spacial score (nSPS) is 10.8. The summed E-state index contributed by atoms with van der Waals surface area (Å²) in [6.45, 7) is 0. The second-order valence-electron chi connectivity index (χ2n) is 3.97. The van der Waals surface area contributed by atoms with Crippen molar-refractivity contribution < 1.29 is 0 Å². The van der Waals surface area contributed by atoms with E-state index in [0.717, 1.165) is 30.8 Å². The molecule has 0 atom stereocenters. The highest BCUT2D eigenvalue weighted by Gasteiger charge is 2.12. The highest BCUT2D eigenvalue weighted by molar-refractivity contribution is 14.1. The van der Waals surface area contributed by atoms with E-state index in [2.05, 4.69) is 34.7 Å². The van der Waals surface area contributed by atoms with E-state index in [-0.39, 0.29) is 0 Å². The Morgan fingerprint density at radius 2 is 1.56 bits per heavy atom. The number of halogens is 2. The second-order valence-corrected chi connectivity index (χ2v) is 5.43. The molecule has 3 aromatic rings. The molecule has 0 saturated carbocycles. The number of nitrogens with zero attached hydrogens (tertiary/aromatic N) is 1. The molecule has 2 aromatic carbocycles. The summed E-state index contributed by atoms with van der Waals surface area (Å²) >= 11 is 8.70. The lowest BCUT2D eigenvalue weighted by Gasteiger charge is -2.09. The molecule has 0 radical (unpaired) electrons. The average molecular weight is 366 g/mol. The van der Waals surface area contributed by atoms with Crippen LogP contribution in [0.2, 0.25) is 5.02 Å². The molecule has 0 saturated heterocycles. The van der Waals surface area contributed by atoms with Gasteiger partial charge in [-0.1, -0.05) is 60.1 Å². The Kier molecular flexibility index (Phi) is 3.22. The minimum atomic E-state index is 0.778. The average Bonchev–Trinajstić information content (AvgIpc) is 2.44. The van der Waals surface area contributed by atoms with Crippen molar-refractivity contribution in [2.24, 2.45) is 0 Å². The molecule has 0 aliphatic carbocycles. The Labute approximate surface area is 124 Å². The lowest BCUT2D eigenvalue weighted by atomic mass is 10.1. The molecule has 3 rings (SSSR count). The van der Waals surface area contributed by atoms with Crippen LogP contribution in [0.5, 0.6) is 0 Å². The van der Waals surface area contributed by atoms with Crippen LogP contribution in [-0.2, 0) is 0 Å². The van der Waals surface area contributed by atoms with Crippen molar-refractivity contribution in [1.82, 2.24) is 4.98 Å². The monoisotopic (exact) mass is 365 g/mol. The smallest absolute Gasteiger partial charge is 0.0858 e. The van der Waals surface area contributed by atoms with Crippen LogP contribution in [0.15, 0.2) is 54.6 Å². The Morgan fingerprint density at radius 1 is 0.889 bits per heavy atom. The van der Waals surface area contributed by atoms with Gasteiger partial charge < -0.3 is 0 Å². The van der Waals surface area contributed by atoms with Crippen LogP contribution in [-0.4, -0.2) is 4.98 Å². The van der Waals surface area contributed by atoms with Crippen LogP contribution < -0.4 is 0 Å². The fourth-order valence-electron chi connectivity index (χ4n) is 1.94. The number of benzene rings is 2. The molecule has 0 N–H and O–H groups in total. The third-order valence-corrected chi connectivity index (χ3v) is 4.58. The molecule has 1 nitrogen and oxygen atoms in total. The van der Waals surface area contributed by atoms with Crippen molar-refractivity contribution in [2.45, 2.75) is 0 Å². The molecule has 0 fully saturated rings. The SMILES string of the molecule is Clc1c(I)c(-c2ccccc2)nc2ccccc12. The summed E-state index contributed by atoms with van der Waals surface area (Å²) in [5.41, 5.74) is 2.97. The van der Waals surface area contributed by atoms with E-state index < -0.39 is 0 Å². The first-order valence-corrected chi connectivity index (χ1v) is 7.02. The molecule has 0 amide bonds. The van der Waals surface area contributed by atoms with E-state index in [4.69, 9.17) is 16.6 Å². The summed E-state index contributed by atoms with van der Waals surface area (Å²) in [5.74, 6) is 0. The predicted molar refractivity (Wildman–Crippen MR) is 84.9 cm³/mol. The second kappa shape index (κ2) is 4.86. The van der Waals surface area contributed by atoms with E-state index in [9.17, 15) is 0 Å². The number of rotatable bonds is 1. The van der Waals surface area contributed by atoms with Gasteiger partial charge in [-0.05, 0) is 28.7 Å². The van der Waals surface area contributed by atoms with Gasteiger partial charge in [0.05, 0.1) is 19.8 Å². The lowest BCUT2D eigenvalue weighted by molar-refractivity contribution is 1.38. The van der Waals surface area contributed by atoms with Crippen molar-refractivity contribution in [3.05, 3.63) is 63.2 Å². The molecule has 0 unspecified atom stereocenters. The van der Waals surface area contributed by atoms with Crippen LogP contribution in [0.3, 0.4) is 0 Å². The quantitative estimate of drug-likeness (QED) is 0.543. The first-order valence-electron chi connectivity index (χ1n) is 5.56. The summed E-state index contributed by atoms with van der Waals surface area (Å²) < 4.78 is 0.999. The summed E-state index contributed by atoms with van der Waals surface area (Å²) in [6.07, 6.45) is 0. The van der Waals surface area contributed by atoms with Crippen molar-refractivity contribution in [3.8, 4) is 11.3 Å². The van der Waals surface area contributed by atoms with Crippen molar-refractivity contribution in [1.29, 1.82) is 0 Å². The van der Waals surface area contributed by atoms with Crippen LogP contribution in [0.4, 0.5) is 0 Å². The topological polar surface area (TPSA) is 12.9 Å². The standard InChI is InChI=1S/C15H9ClIN/c16-13-11-8-4-5-9-12(11)18-15(14(13)17)10-6-2-1-3-7-10/h1-9H. The summed E-state index contributed by atoms with van der Waals surface area (Å²) in [5, 5.41) is 1.78. The van der Waals surface area contributed by atoms with Gasteiger partial charge in [0.15, 0.2) is 0 Å². The van der Waals surface area contributed by atoms with Gasteiger partial charge in [-0.25, -0.2) is 4.98 Å². The molecule has 0 aliphatic rings. The highest BCUT2D eigenvalue weighted by atomic mass is 127. The fourth-order valence-corrected chi connectivity index (χ4v) is 2.91. The molecule has 0 spiro atoms. The molecule has 0 aliphatic heterocycles. The zero-order valence-electron chi connectivity index (χ0n) is 9.40. The molecule has 1 heterocycles. The van der Waals surface area contributed by atoms with E-state index >= 15 is 0 Å². The van der Waals surface area contributed by atoms with Crippen LogP contribution in [0, 0.1) is 3.57 Å². The van der Waals surface area contributed by atoms with E-state index in [0.29, 0.717) is 0 Å². The van der Waals surface area contributed by atoms with E-state index in [1.54, 1.807) is 0 Å². The van der Waals surface area contributed by atoms with Crippen molar-refractivity contribution >= 4 is 45.1 Å². The Balaban J connectivity index is 2.34. The number of hydrogen-bond donors (Lipinski definition) is 0. The number of pyridine rings is 1. The first-order chi connectivity index (χ1) is 8.77. The summed E-state index contributed by atoms with van der Waals surface area (Å²) in [4.78, 5) is 4.71. The summed E-state index contributed by atoms with van der Waals surface area (Å²) in [7, 11) is 0. The summed E-state index contributed by atoms with van der Waals surface area (Å²) in [6, 6.07) is 18.1. The largest absolute Gasteiger partial charge is 0.247 e. The van der Waals surface area contributed by atoms with Gasteiger partial charge in [0.1, 0.15) is 0 Å². The molecule has 88 valence electrons. The van der Waals surface area contributed by atoms with Gasteiger partial charge in [0.2, 0.25) is 0 Å². The predicted octanol–water partition coefficient (Wildman–Crippen LogP) is 5.16. The van der Waals surface area contributed by atoms with E-state index in [1.165, 1.54) is 0 Å². The van der Waals surface area contributed by atoms with Crippen molar-refractivity contribution in [3.63, 3.8) is 0 Å². The van der Waals surface area contributed by atoms with Crippen LogP contribution >= 0.6 is 34.2 Å². The Morgan fingerprint density at radius 3 is 2.33 bits per heavy atom. The first kappa shape index (κ1) is 11.9. The number of aromatic nitrogens is 1. The van der Waals surface area contributed by atoms with Gasteiger partial charge in [0.25, 0.3) is 0 Å². The molecular weight excluding hydrogens is 357 g/mol. The number of para-hydroxylation sites is 1. The minimum absolute atomic E-state index is 0.778. The van der Waals surface area contributed by atoms with Gasteiger partial charge in [-0.2, -0.15) is 0 Å². The number of hydrogen-bond acceptors (Lipinski definition) is 1. The molecule has 3 heteroatoms. The maximum atomic E-state index is 6.43. The van der Waals surface area contributed by atoms with E-state index in [1.807, 2.05) is 42.5 Å². The number of fused-ring (bicyclic) bond motifs is 1. The maximum Gasteiger partial charge on any atom is 0.0858 e. The molecule has 18 heavy (non-hydrogen) atoms. The van der Waals surface area contributed by atoms with Gasteiger partial charge in [-0.3, -0.25) is 0 Å². The lowest BCUT2D eigenvalue weighted by Crippen LogP contribution is -1.91.